The number of piperidine rings is 1. The van der Waals surface area contributed by atoms with Crippen molar-refractivity contribution in [1.29, 1.82) is 0 Å². The Balaban J connectivity index is 1.60. The zero-order valence-electron chi connectivity index (χ0n) is 30.7. The maximum absolute atomic E-state index is 15.8. The second-order valence-electron chi connectivity index (χ2n) is 14.4. The van der Waals surface area contributed by atoms with Crippen LogP contribution in [0.25, 0.3) is 0 Å². The minimum Gasteiger partial charge on any atom is -0.497 e. The molecule has 3 saturated heterocycles. The fourth-order valence-corrected chi connectivity index (χ4v) is 10.3. The Morgan fingerprint density at radius 3 is 2.48 bits per heavy atom. The first-order valence-corrected chi connectivity index (χ1v) is 20.0. The summed E-state index contributed by atoms with van der Waals surface area (Å²) in [5, 5.41) is 11.4. The molecule has 16 heteroatoms. The normalized spacial score (nSPS) is 25.3. The zero-order chi connectivity index (χ0) is 39.2. The van der Waals surface area contributed by atoms with Crippen LogP contribution in [0, 0.1) is 0 Å². The molecule has 11 nitrogen and oxygen atoms in total. The predicted molar refractivity (Wildman–Crippen MR) is 195 cm³/mol. The lowest BCUT2D eigenvalue weighted by molar-refractivity contribution is -0.275. The molecule has 1 N–H and O–H groups in total. The van der Waals surface area contributed by atoms with E-state index in [1.165, 1.54) is 30.6 Å². The number of ether oxygens (including phenoxy) is 2. The van der Waals surface area contributed by atoms with Gasteiger partial charge < -0.3 is 24.4 Å². The number of benzene rings is 2. The van der Waals surface area contributed by atoms with E-state index in [9.17, 15) is 31.5 Å². The van der Waals surface area contributed by atoms with Gasteiger partial charge in [-0.05, 0) is 92.1 Å². The van der Waals surface area contributed by atoms with Crippen molar-refractivity contribution < 1.29 is 45.8 Å². The van der Waals surface area contributed by atoms with E-state index < -0.39 is 62.6 Å². The lowest BCUT2D eigenvalue weighted by Crippen LogP contribution is -2.58. The van der Waals surface area contributed by atoms with Crippen molar-refractivity contribution in [2.75, 3.05) is 47.4 Å². The van der Waals surface area contributed by atoms with E-state index in [4.69, 9.17) is 16.3 Å². The number of aliphatic hydroxyl groups is 1. The Morgan fingerprint density at radius 2 is 1.83 bits per heavy atom. The number of allylic oxidation sites excluding steroid dienone is 2. The number of methoxy groups -OCH3 is 1. The summed E-state index contributed by atoms with van der Waals surface area (Å²) in [6.07, 6.45) is 1.00. The monoisotopic (exact) mass is 794 g/mol. The van der Waals surface area contributed by atoms with E-state index in [0.717, 1.165) is 50.2 Å². The number of likely N-dealkylation sites (tertiary alicyclic amines) is 2. The van der Waals surface area contributed by atoms with Crippen molar-refractivity contribution in [3.8, 4) is 11.5 Å². The van der Waals surface area contributed by atoms with Crippen molar-refractivity contribution in [1.82, 2.24) is 19.0 Å². The van der Waals surface area contributed by atoms with Gasteiger partial charge in [-0.3, -0.25) is 14.5 Å². The first-order chi connectivity index (χ1) is 25.5. The topological polar surface area (TPSA) is 120 Å². The maximum Gasteiger partial charge on any atom is 0.573 e. The Labute approximate surface area is 319 Å². The SMILES string of the molecule is CCc1ccc(CCN2CCCCC2)cc1C1(N2C[C@H](O)C[C@H]2C(=O)N(C)C)C(=O)N(S(=O)(=O)c2ccc(OC)cc2OC(F)(F)F)C2CC=C(Cl)C=C21. The number of carbonyl (C=O) groups is 2. The molecule has 4 atom stereocenters. The number of hydrogen-bond donors (Lipinski definition) is 1. The number of likely N-dealkylation sites (N-methyl/N-ethyl adjacent to an activating group) is 1. The number of amides is 2. The zero-order valence-corrected chi connectivity index (χ0v) is 32.3. The summed E-state index contributed by atoms with van der Waals surface area (Å²) in [6.45, 7) is 4.42. The average molecular weight is 795 g/mol. The molecular formula is C38H46ClF3N4O7S. The Kier molecular flexibility index (Phi) is 11.5. The second kappa shape index (κ2) is 15.5. The molecule has 2 unspecified atom stereocenters. The number of carbonyl (C=O) groups excluding carboxylic acids is 2. The summed E-state index contributed by atoms with van der Waals surface area (Å²) < 4.78 is 80.9. The Bertz CT molecular complexity index is 1950. The molecule has 6 rings (SSSR count). The van der Waals surface area contributed by atoms with Crippen LogP contribution in [0.15, 0.2) is 64.1 Å². The van der Waals surface area contributed by atoms with Crippen molar-refractivity contribution in [2.45, 2.75) is 86.9 Å². The number of β-amino-alcohol motifs (C(OH)–C–C–N with tert-alkyl or cyclic N) is 1. The minimum atomic E-state index is -5.28. The third-order valence-corrected chi connectivity index (χ3v) is 13.0. The molecule has 1 aliphatic carbocycles. The molecule has 54 heavy (non-hydrogen) atoms. The molecule has 0 bridgehead atoms. The van der Waals surface area contributed by atoms with E-state index in [2.05, 4.69) is 9.64 Å². The molecule has 294 valence electrons. The third kappa shape index (κ3) is 7.37. The van der Waals surface area contributed by atoms with Crippen LogP contribution in [0.1, 0.15) is 55.7 Å². The molecular weight excluding hydrogens is 749 g/mol. The van der Waals surface area contributed by atoms with Crippen molar-refractivity contribution >= 4 is 33.4 Å². The second-order valence-corrected chi connectivity index (χ2v) is 16.6. The number of fused-ring (bicyclic) bond motifs is 1. The van der Waals surface area contributed by atoms with Crippen LogP contribution in [-0.4, -0.2) is 116 Å². The van der Waals surface area contributed by atoms with Gasteiger partial charge in [-0.1, -0.05) is 49.2 Å². The third-order valence-electron chi connectivity index (χ3n) is 10.9. The van der Waals surface area contributed by atoms with Gasteiger partial charge in [0.15, 0.2) is 11.3 Å². The highest BCUT2D eigenvalue weighted by Gasteiger charge is 2.66. The van der Waals surface area contributed by atoms with Crippen molar-refractivity contribution in [3.05, 3.63) is 75.8 Å². The van der Waals surface area contributed by atoms with Gasteiger partial charge in [0.05, 0.1) is 25.3 Å². The fraction of sp³-hybridized carbons (Fsp3) is 0.526. The van der Waals surface area contributed by atoms with Gasteiger partial charge in [-0.2, -0.15) is 0 Å². The van der Waals surface area contributed by atoms with Gasteiger partial charge in [0.25, 0.3) is 15.9 Å². The lowest BCUT2D eigenvalue weighted by Gasteiger charge is -2.43. The van der Waals surface area contributed by atoms with E-state index in [1.54, 1.807) is 25.1 Å². The van der Waals surface area contributed by atoms with Crippen LogP contribution in [-0.2, 0) is 38.0 Å². The highest BCUT2D eigenvalue weighted by atomic mass is 35.5. The predicted octanol–water partition coefficient (Wildman–Crippen LogP) is 4.96. The van der Waals surface area contributed by atoms with Gasteiger partial charge in [-0.25, -0.2) is 12.7 Å². The number of aryl methyl sites for hydroxylation is 1. The number of aliphatic hydroxyl groups excluding tert-OH is 1. The van der Waals surface area contributed by atoms with Crippen LogP contribution < -0.4 is 9.47 Å². The van der Waals surface area contributed by atoms with E-state index >= 15 is 4.79 Å². The molecule has 0 aromatic heterocycles. The fourth-order valence-electron chi connectivity index (χ4n) is 8.39. The van der Waals surface area contributed by atoms with Gasteiger partial charge in [0.1, 0.15) is 10.6 Å². The number of alkyl halides is 3. The highest BCUT2D eigenvalue weighted by molar-refractivity contribution is 7.89. The van der Waals surface area contributed by atoms with Gasteiger partial charge in [0, 0.05) is 38.3 Å². The van der Waals surface area contributed by atoms with E-state index in [1.807, 2.05) is 25.1 Å². The number of nitrogens with zero attached hydrogens (tertiary/aromatic N) is 4. The molecule has 2 aromatic carbocycles. The average Bonchev–Trinajstić information content (AvgIpc) is 3.64. The molecule has 2 amide bonds. The van der Waals surface area contributed by atoms with E-state index in [-0.39, 0.29) is 35.7 Å². The Morgan fingerprint density at radius 1 is 1.11 bits per heavy atom. The number of rotatable bonds is 11. The van der Waals surface area contributed by atoms with Crippen LogP contribution in [0.4, 0.5) is 13.2 Å². The molecule has 4 aliphatic rings. The van der Waals surface area contributed by atoms with Crippen LogP contribution in [0.2, 0.25) is 0 Å². The molecule has 0 radical (unpaired) electrons. The summed E-state index contributed by atoms with van der Waals surface area (Å²) in [5.41, 5.74) is 0.228. The summed E-state index contributed by atoms with van der Waals surface area (Å²) in [4.78, 5) is 34.1. The number of halogens is 4. The lowest BCUT2D eigenvalue weighted by atomic mass is 9.75. The summed E-state index contributed by atoms with van der Waals surface area (Å²) in [5.74, 6) is -2.59. The van der Waals surface area contributed by atoms with Gasteiger partial charge in [0.2, 0.25) is 5.91 Å². The van der Waals surface area contributed by atoms with Crippen LogP contribution in [0.5, 0.6) is 11.5 Å². The summed E-state index contributed by atoms with van der Waals surface area (Å²) >= 11 is 6.68. The molecule has 0 saturated carbocycles. The summed E-state index contributed by atoms with van der Waals surface area (Å²) in [7, 11) is -0.824. The number of hydrogen-bond acceptors (Lipinski definition) is 9. The van der Waals surface area contributed by atoms with Gasteiger partial charge in [-0.15, -0.1) is 13.2 Å². The largest absolute Gasteiger partial charge is 0.573 e. The highest BCUT2D eigenvalue weighted by Crippen LogP contribution is 2.55. The molecule has 3 fully saturated rings. The quantitative estimate of drug-likeness (QED) is 0.337. The van der Waals surface area contributed by atoms with Crippen LogP contribution in [0.3, 0.4) is 0 Å². The van der Waals surface area contributed by atoms with Crippen molar-refractivity contribution in [2.24, 2.45) is 0 Å². The summed E-state index contributed by atoms with van der Waals surface area (Å²) in [6, 6.07) is 6.32. The first kappa shape index (κ1) is 40.0. The van der Waals surface area contributed by atoms with Gasteiger partial charge >= 0.3 is 6.36 Å². The number of sulfonamides is 1. The smallest absolute Gasteiger partial charge is 0.497 e. The molecule has 3 heterocycles. The first-order valence-electron chi connectivity index (χ1n) is 18.1. The standard InChI is InChI=1S/C38H46ClF3N4O7S/c1-5-25-10-9-24(15-18-44-16-7-6-8-17-44)19-29(25)37(45-23-27(47)21-32(45)35(48)43(2)3)30-20-26(39)11-13-31(30)46(36(37)49)54(50,51)34-14-12-28(52-4)22-33(34)53-38(40,41)42/h9-12,14,19-20,22,27,31-32,47H,5-8,13,15-18,21,23H2,1-4H3/t27-,31?,32+,37?/m1/s1. The Hall–Kier alpha value is -3.63. The molecule has 2 aromatic rings. The van der Waals surface area contributed by atoms with Crippen molar-refractivity contribution in [3.63, 3.8) is 0 Å². The van der Waals surface area contributed by atoms with E-state index in [0.29, 0.717) is 28.3 Å². The molecule has 0 spiro atoms. The van der Waals surface area contributed by atoms with Crippen LogP contribution >= 0.6 is 11.6 Å². The molecule has 3 aliphatic heterocycles. The maximum atomic E-state index is 15.8. The minimum absolute atomic E-state index is 0.0432.